The molecule has 16 heavy (non-hydrogen) atoms. The van der Waals surface area contributed by atoms with Gasteiger partial charge in [-0.2, -0.15) is 0 Å². The Labute approximate surface area is 94.7 Å². The molecule has 1 aromatic carbocycles. The third-order valence-corrected chi connectivity index (χ3v) is 2.13. The first-order valence-corrected chi connectivity index (χ1v) is 4.95. The van der Waals surface area contributed by atoms with E-state index in [2.05, 4.69) is 0 Å². The molecule has 0 amide bonds. The third-order valence-electron chi connectivity index (χ3n) is 2.13. The number of methoxy groups -OCH3 is 2. The summed E-state index contributed by atoms with van der Waals surface area (Å²) < 4.78 is 23.4. The zero-order valence-electron chi connectivity index (χ0n) is 9.50. The molecule has 0 atom stereocenters. The van der Waals surface area contributed by atoms with Gasteiger partial charge >= 0.3 is 0 Å². The molecule has 0 saturated heterocycles. The van der Waals surface area contributed by atoms with Crippen LogP contribution in [0.2, 0.25) is 0 Å². The van der Waals surface area contributed by atoms with E-state index in [1.807, 2.05) is 6.08 Å². The van der Waals surface area contributed by atoms with Crippen LogP contribution in [0, 0.1) is 5.82 Å². The molecule has 0 aliphatic carbocycles. The molecule has 0 saturated carbocycles. The van der Waals surface area contributed by atoms with Crippen LogP contribution in [0.1, 0.15) is 11.1 Å². The lowest BCUT2D eigenvalue weighted by atomic mass is 10.1. The topological polar surface area (TPSA) is 44.5 Å². The van der Waals surface area contributed by atoms with Gasteiger partial charge in [0.15, 0.2) is 0 Å². The van der Waals surface area contributed by atoms with Gasteiger partial charge < -0.3 is 15.2 Å². The first kappa shape index (κ1) is 12.7. The molecule has 1 aromatic rings. The zero-order valence-corrected chi connectivity index (χ0v) is 9.50. The van der Waals surface area contributed by atoms with Gasteiger partial charge in [0.05, 0.1) is 13.7 Å². The average molecular weight is 225 g/mol. The van der Waals surface area contributed by atoms with Crippen molar-refractivity contribution in [1.29, 1.82) is 0 Å². The molecule has 2 N–H and O–H groups in total. The van der Waals surface area contributed by atoms with Crippen molar-refractivity contribution in [3.05, 3.63) is 35.2 Å². The summed E-state index contributed by atoms with van der Waals surface area (Å²) in [7, 11) is 3.07. The van der Waals surface area contributed by atoms with Crippen LogP contribution >= 0.6 is 0 Å². The number of ether oxygens (including phenoxy) is 2. The van der Waals surface area contributed by atoms with Crippen LogP contribution in [0.15, 0.2) is 18.2 Å². The fraction of sp³-hybridized carbons (Fsp3) is 0.333. The Morgan fingerprint density at radius 3 is 2.69 bits per heavy atom. The molecule has 0 radical (unpaired) electrons. The average Bonchev–Trinajstić information content (AvgIpc) is 2.27. The summed E-state index contributed by atoms with van der Waals surface area (Å²) in [4.78, 5) is 0. The maximum atomic E-state index is 13.3. The van der Waals surface area contributed by atoms with Crippen LogP contribution in [0.25, 0.3) is 6.08 Å². The Morgan fingerprint density at radius 1 is 1.38 bits per heavy atom. The van der Waals surface area contributed by atoms with Gasteiger partial charge in [-0.05, 0) is 11.6 Å². The molecule has 0 aromatic heterocycles. The number of halogens is 1. The van der Waals surface area contributed by atoms with E-state index in [9.17, 15) is 4.39 Å². The molecule has 0 aliphatic rings. The molecule has 0 heterocycles. The standard InChI is InChI=1S/C12H16FNO2/c1-15-8-9-6-10(13)7-12(16-2)11(9)4-3-5-14/h3-4,6-7H,5,8,14H2,1-2H3/b4-3+. The van der Waals surface area contributed by atoms with Gasteiger partial charge in [0.2, 0.25) is 0 Å². The summed E-state index contributed by atoms with van der Waals surface area (Å²) in [6, 6.07) is 2.78. The highest BCUT2D eigenvalue weighted by molar-refractivity contribution is 5.61. The number of nitrogens with two attached hydrogens (primary N) is 1. The van der Waals surface area contributed by atoms with E-state index in [-0.39, 0.29) is 5.82 Å². The highest BCUT2D eigenvalue weighted by Gasteiger charge is 2.09. The predicted octanol–water partition coefficient (Wildman–Crippen LogP) is 1.95. The van der Waals surface area contributed by atoms with Crippen molar-refractivity contribution in [2.24, 2.45) is 5.73 Å². The molecule has 1 rings (SSSR count). The second-order valence-electron chi connectivity index (χ2n) is 3.25. The summed E-state index contributed by atoms with van der Waals surface area (Å²) in [6.07, 6.45) is 3.60. The molecular formula is C12H16FNO2. The smallest absolute Gasteiger partial charge is 0.129 e. The van der Waals surface area contributed by atoms with Crippen molar-refractivity contribution in [3.8, 4) is 5.75 Å². The molecule has 88 valence electrons. The monoisotopic (exact) mass is 225 g/mol. The first-order chi connectivity index (χ1) is 7.72. The quantitative estimate of drug-likeness (QED) is 0.833. The van der Waals surface area contributed by atoms with Gasteiger partial charge in [-0.3, -0.25) is 0 Å². The highest BCUT2D eigenvalue weighted by atomic mass is 19.1. The van der Waals surface area contributed by atoms with Crippen LogP contribution in [-0.4, -0.2) is 20.8 Å². The molecule has 0 spiro atoms. The lowest BCUT2D eigenvalue weighted by molar-refractivity contribution is 0.184. The van der Waals surface area contributed by atoms with Crippen molar-refractivity contribution < 1.29 is 13.9 Å². The number of hydrogen-bond donors (Lipinski definition) is 1. The van der Waals surface area contributed by atoms with E-state index in [4.69, 9.17) is 15.2 Å². The maximum Gasteiger partial charge on any atom is 0.129 e. The molecule has 0 fully saturated rings. The van der Waals surface area contributed by atoms with Gasteiger partial charge in [-0.15, -0.1) is 0 Å². The van der Waals surface area contributed by atoms with E-state index in [0.29, 0.717) is 18.9 Å². The minimum atomic E-state index is -0.339. The SMILES string of the molecule is COCc1cc(F)cc(OC)c1/C=C/CN. The van der Waals surface area contributed by atoms with Crippen LogP contribution in [-0.2, 0) is 11.3 Å². The van der Waals surface area contributed by atoms with Crippen LogP contribution in [0.4, 0.5) is 4.39 Å². The summed E-state index contributed by atoms with van der Waals surface area (Å²) in [5.41, 5.74) is 6.93. The molecule has 0 bridgehead atoms. The Kier molecular flexibility index (Phi) is 4.95. The zero-order chi connectivity index (χ0) is 12.0. The van der Waals surface area contributed by atoms with Crippen molar-refractivity contribution in [2.45, 2.75) is 6.61 Å². The number of rotatable bonds is 5. The summed E-state index contributed by atoms with van der Waals surface area (Å²) >= 11 is 0. The Hall–Kier alpha value is -1.39. The van der Waals surface area contributed by atoms with Crippen LogP contribution in [0.3, 0.4) is 0 Å². The van der Waals surface area contributed by atoms with E-state index < -0.39 is 0 Å². The lowest BCUT2D eigenvalue weighted by Gasteiger charge is -2.10. The first-order valence-electron chi connectivity index (χ1n) is 4.95. The second-order valence-corrected chi connectivity index (χ2v) is 3.25. The van der Waals surface area contributed by atoms with Gasteiger partial charge in [0, 0.05) is 25.3 Å². The Bertz CT molecular complexity index is 378. The van der Waals surface area contributed by atoms with Crippen LogP contribution < -0.4 is 10.5 Å². The fourth-order valence-corrected chi connectivity index (χ4v) is 1.47. The van der Waals surface area contributed by atoms with Crippen molar-refractivity contribution in [3.63, 3.8) is 0 Å². The van der Waals surface area contributed by atoms with E-state index in [1.54, 1.807) is 13.2 Å². The van der Waals surface area contributed by atoms with E-state index in [1.165, 1.54) is 19.2 Å². The van der Waals surface area contributed by atoms with Crippen molar-refractivity contribution in [2.75, 3.05) is 20.8 Å². The Balaban J connectivity index is 3.21. The largest absolute Gasteiger partial charge is 0.496 e. The predicted molar refractivity (Wildman–Crippen MR) is 61.8 cm³/mol. The fourth-order valence-electron chi connectivity index (χ4n) is 1.47. The van der Waals surface area contributed by atoms with Crippen molar-refractivity contribution >= 4 is 6.08 Å². The number of hydrogen-bond acceptors (Lipinski definition) is 3. The molecule has 4 heteroatoms. The number of benzene rings is 1. The lowest BCUT2D eigenvalue weighted by Crippen LogP contribution is -1.99. The van der Waals surface area contributed by atoms with Gasteiger partial charge in [0.1, 0.15) is 11.6 Å². The van der Waals surface area contributed by atoms with Crippen molar-refractivity contribution in [1.82, 2.24) is 0 Å². The molecule has 0 aliphatic heterocycles. The van der Waals surface area contributed by atoms with Gasteiger partial charge in [-0.25, -0.2) is 4.39 Å². The minimum Gasteiger partial charge on any atom is -0.496 e. The molecule has 0 unspecified atom stereocenters. The van der Waals surface area contributed by atoms with E-state index >= 15 is 0 Å². The summed E-state index contributed by atoms with van der Waals surface area (Å²) in [6.45, 7) is 0.755. The van der Waals surface area contributed by atoms with E-state index in [0.717, 1.165) is 11.1 Å². The van der Waals surface area contributed by atoms with Gasteiger partial charge in [0.25, 0.3) is 0 Å². The maximum absolute atomic E-state index is 13.3. The van der Waals surface area contributed by atoms with Crippen LogP contribution in [0.5, 0.6) is 5.75 Å². The Morgan fingerprint density at radius 2 is 2.12 bits per heavy atom. The second kappa shape index (κ2) is 6.25. The highest BCUT2D eigenvalue weighted by Crippen LogP contribution is 2.26. The minimum absolute atomic E-state index is 0.332. The molecular weight excluding hydrogens is 209 g/mol. The molecule has 3 nitrogen and oxygen atoms in total. The third kappa shape index (κ3) is 3.05. The normalized spacial score (nSPS) is 11.0. The summed E-state index contributed by atoms with van der Waals surface area (Å²) in [5, 5.41) is 0. The summed E-state index contributed by atoms with van der Waals surface area (Å²) in [5.74, 6) is 0.144. The van der Waals surface area contributed by atoms with Gasteiger partial charge in [-0.1, -0.05) is 12.2 Å².